The number of aromatic hydroxyl groups is 1. The van der Waals surface area contributed by atoms with Crippen LogP contribution in [0.25, 0.3) is 10.9 Å². The van der Waals surface area contributed by atoms with E-state index in [2.05, 4.69) is 9.97 Å². The Kier molecular flexibility index (Phi) is 2.08. The SMILES string of the molecule is CC(C)c1ncc2ncccc2c1O. The van der Waals surface area contributed by atoms with Crippen LogP contribution in [0.15, 0.2) is 24.5 Å². The number of hydrogen-bond acceptors (Lipinski definition) is 3. The van der Waals surface area contributed by atoms with Crippen LogP contribution in [0.5, 0.6) is 5.75 Å². The van der Waals surface area contributed by atoms with E-state index in [1.54, 1.807) is 12.4 Å². The average molecular weight is 188 g/mol. The molecule has 2 aromatic heterocycles. The number of hydrogen-bond donors (Lipinski definition) is 1. The van der Waals surface area contributed by atoms with Crippen molar-refractivity contribution in [3.8, 4) is 5.75 Å². The third-order valence-electron chi connectivity index (χ3n) is 2.21. The normalized spacial score (nSPS) is 11.1. The van der Waals surface area contributed by atoms with Crippen LogP contribution < -0.4 is 0 Å². The number of fused-ring (bicyclic) bond motifs is 1. The first-order valence-corrected chi connectivity index (χ1v) is 4.62. The summed E-state index contributed by atoms with van der Waals surface area (Å²) in [6.07, 6.45) is 3.39. The lowest BCUT2D eigenvalue weighted by atomic mass is 10.1. The molecule has 2 aromatic rings. The minimum Gasteiger partial charge on any atom is -0.505 e. The molecule has 2 rings (SSSR count). The summed E-state index contributed by atoms with van der Waals surface area (Å²) in [5.41, 5.74) is 1.46. The van der Waals surface area contributed by atoms with Crippen LogP contribution in [0.1, 0.15) is 25.5 Å². The van der Waals surface area contributed by atoms with Crippen molar-refractivity contribution in [1.82, 2.24) is 9.97 Å². The Morgan fingerprint density at radius 1 is 1.29 bits per heavy atom. The minimum atomic E-state index is 0.222. The molecule has 0 aromatic carbocycles. The fraction of sp³-hybridized carbons (Fsp3) is 0.273. The predicted octanol–water partition coefficient (Wildman–Crippen LogP) is 2.46. The molecule has 3 heteroatoms. The molecule has 3 nitrogen and oxygen atoms in total. The Hall–Kier alpha value is -1.64. The largest absolute Gasteiger partial charge is 0.505 e. The third kappa shape index (κ3) is 1.31. The topological polar surface area (TPSA) is 46.0 Å². The number of pyridine rings is 2. The van der Waals surface area contributed by atoms with Gasteiger partial charge in [-0.05, 0) is 18.1 Å². The smallest absolute Gasteiger partial charge is 0.146 e. The van der Waals surface area contributed by atoms with Crippen molar-refractivity contribution in [1.29, 1.82) is 0 Å². The zero-order chi connectivity index (χ0) is 10.1. The molecule has 0 aliphatic heterocycles. The summed E-state index contributed by atoms with van der Waals surface area (Å²) >= 11 is 0. The van der Waals surface area contributed by atoms with Gasteiger partial charge in [0.15, 0.2) is 0 Å². The molecule has 0 spiro atoms. The van der Waals surface area contributed by atoms with Crippen LogP contribution in [0.3, 0.4) is 0 Å². The van der Waals surface area contributed by atoms with Crippen LogP contribution >= 0.6 is 0 Å². The van der Waals surface area contributed by atoms with Gasteiger partial charge in [0.25, 0.3) is 0 Å². The van der Waals surface area contributed by atoms with Gasteiger partial charge in [-0.2, -0.15) is 0 Å². The van der Waals surface area contributed by atoms with Crippen molar-refractivity contribution < 1.29 is 5.11 Å². The van der Waals surface area contributed by atoms with E-state index < -0.39 is 0 Å². The van der Waals surface area contributed by atoms with Crippen molar-refractivity contribution in [2.45, 2.75) is 19.8 Å². The molecule has 0 unspecified atom stereocenters. The van der Waals surface area contributed by atoms with Gasteiger partial charge in [0, 0.05) is 11.6 Å². The molecular formula is C11H12N2O. The molecule has 72 valence electrons. The van der Waals surface area contributed by atoms with Gasteiger partial charge in [-0.1, -0.05) is 13.8 Å². The summed E-state index contributed by atoms with van der Waals surface area (Å²) < 4.78 is 0. The minimum absolute atomic E-state index is 0.222. The average Bonchev–Trinajstić information content (AvgIpc) is 2.18. The number of rotatable bonds is 1. The lowest BCUT2D eigenvalue weighted by Crippen LogP contribution is -1.94. The maximum Gasteiger partial charge on any atom is 0.146 e. The summed E-state index contributed by atoms with van der Waals surface area (Å²) in [5.74, 6) is 0.477. The monoisotopic (exact) mass is 188 g/mol. The van der Waals surface area contributed by atoms with Gasteiger partial charge in [-0.25, -0.2) is 0 Å². The molecule has 0 bridgehead atoms. The summed E-state index contributed by atoms with van der Waals surface area (Å²) in [5, 5.41) is 10.7. The molecule has 0 amide bonds. The van der Waals surface area contributed by atoms with E-state index in [9.17, 15) is 5.11 Å². The standard InChI is InChI=1S/C11H12N2O/c1-7(2)10-11(14)8-4-3-5-12-9(8)6-13-10/h3-7,14H,1-2H3. The molecular weight excluding hydrogens is 176 g/mol. The Morgan fingerprint density at radius 3 is 2.79 bits per heavy atom. The predicted molar refractivity (Wildman–Crippen MR) is 55.3 cm³/mol. The molecule has 2 heterocycles. The fourth-order valence-corrected chi connectivity index (χ4v) is 1.47. The van der Waals surface area contributed by atoms with Gasteiger partial charge >= 0.3 is 0 Å². The zero-order valence-electron chi connectivity index (χ0n) is 8.23. The van der Waals surface area contributed by atoms with E-state index in [1.807, 2.05) is 26.0 Å². The maximum absolute atomic E-state index is 9.92. The second-order valence-electron chi connectivity index (χ2n) is 3.58. The number of nitrogens with zero attached hydrogens (tertiary/aromatic N) is 2. The lowest BCUT2D eigenvalue weighted by molar-refractivity contribution is 0.466. The van der Waals surface area contributed by atoms with Crippen LogP contribution in [-0.2, 0) is 0 Å². The summed E-state index contributed by atoms with van der Waals surface area (Å²) in [6.45, 7) is 4.01. The second-order valence-corrected chi connectivity index (χ2v) is 3.58. The van der Waals surface area contributed by atoms with E-state index in [1.165, 1.54) is 0 Å². The lowest BCUT2D eigenvalue weighted by Gasteiger charge is -2.08. The third-order valence-corrected chi connectivity index (χ3v) is 2.21. The maximum atomic E-state index is 9.92. The van der Waals surface area contributed by atoms with Gasteiger partial charge < -0.3 is 5.11 Å². The zero-order valence-corrected chi connectivity index (χ0v) is 8.23. The molecule has 14 heavy (non-hydrogen) atoms. The van der Waals surface area contributed by atoms with Crippen LogP contribution in [0.4, 0.5) is 0 Å². The first-order chi connectivity index (χ1) is 6.70. The Bertz CT molecular complexity index is 466. The molecule has 0 atom stereocenters. The summed E-state index contributed by atoms with van der Waals surface area (Å²) in [6, 6.07) is 3.66. The Balaban J connectivity index is 2.75. The van der Waals surface area contributed by atoms with Gasteiger partial charge in [-0.3, -0.25) is 9.97 Å². The molecule has 0 saturated heterocycles. The highest BCUT2D eigenvalue weighted by atomic mass is 16.3. The van der Waals surface area contributed by atoms with Crippen molar-refractivity contribution in [2.75, 3.05) is 0 Å². The van der Waals surface area contributed by atoms with Crippen molar-refractivity contribution in [2.24, 2.45) is 0 Å². The molecule has 0 aliphatic rings. The first kappa shape index (κ1) is 8.94. The summed E-state index contributed by atoms with van der Waals surface area (Å²) in [4.78, 5) is 8.31. The van der Waals surface area contributed by atoms with E-state index >= 15 is 0 Å². The highest BCUT2D eigenvalue weighted by molar-refractivity contribution is 5.84. The van der Waals surface area contributed by atoms with Crippen molar-refractivity contribution >= 4 is 10.9 Å². The van der Waals surface area contributed by atoms with Gasteiger partial charge in [0.05, 0.1) is 17.4 Å². The van der Waals surface area contributed by atoms with E-state index in [-0.39, 0.29) is 11.7 Å². The van der Waals surface area contributed by atoms with Gasteiger partial charge in [0.2, 0.25) is 0 Å². The van der Waals surface area contributed by atoms with E-state index in [0.29, 0.717) is 0 Å². The second kappa shape index (κ2) is 3.25. The van der Waals surface area contributed by atoms with Crippen molar-refractivity contribution in [3.63, 3.8) is 0 Å². The first-order valence-electron chi connectivity index (χ1n) is 4.62. The fourth-order valence-electron chi connectivity index (χ4n) is 1.47. The molecule has 1 N–H and O–H groups in total. The summed E-state index contributed by atoms with van der Waals surface area (Å²) in [7, 11) is 0. The van der Waals surface area contributed by atoms with Gasteiger partial charge in [0.1, 0.15) is 5.75 Å². The quantitative estimate of drug-likeness (QED) is 0.747. The van der Waals surface area contributed by atoms with Crippen molar-refractivity contribution in [3.05, 3.63) is 30.2 Å². The molecule has 0 saturated carbocycles. The highest BCUT2D eigenvalue weighted by Gasteiger charge is 2.10. The van der Waals surface area contributed by atoms with Crippen LogP contribution in [-0.4, -0.2) is 15.1 Å². The highest BCUT2D eigenvalue weighted by Crippen LogP contribution is 2.29. The van der Waals surface area contributed by atoms with E-state index in [4.69, 9.17) is 0 Å². The Labute approximate surface area is 82.4 Å². The van der Waals surface area contributed by atoms with Gasteiger partial charge in [-0.15, -0.1) is 0 Å². The molecule has 0 fully saturated rings. The molecule has 0 aliphatic carbocycles. The van der Waals surface area contributed by atoms with Crippen LogP contribution in [0, 0.1) is 0 Å². The van der Waals surface area contributed by atoms with Crippen LogP contribution in [0.2, 0.25) is 0 Å². The van der Waals surface area contributed by atoms with E-state index in [0.717, 1.165) is 16.6 Å². The number of aromatic nitrogens is 2. The molecule has 0 radical (unpaired) electrons. The Morgan fingerprint density at radius 2 is 2.07 bits per heavy atom.